The number of Topliss-reactive ketones (excluding diaryl/α,β-unsaturated/α-hetero) is 1. The first-order chi connectivity index (χ1) is 35.8. The van der Waals surface area contributed by atoms with E-state index in [2.05, 4.69) is 0 Å². The molecule has 1 aromatic rings. The maximum Gasteiger partial charge on any atom is 0.338 e. The van der Waals surface area contributed by atoms with Gasteiger partial charge in [-0.05, 0) is 45.4 Å². The lowest BCUT2D eigenvalue weighted by atomic mass is 9.70. The molecule has 7 saturated heterocycles. The lowest BCUT2D eigenvalue weighted by molar-refractivity contribution is -0.408. The molecule has 1 saturated carbocycles. The van der Waals surface area contributed by atoms with E-state index in [1.165, 1.54) is 46.1 Å². The second-order valence-electron chi connectivity index (χ2n) is 20.9. The Kier molecular flexibility index (Phi) is 17.0. The summed E-state index contributed by atoms with van der Waals surface area (Å²) in [7, 11) is -0.731. The Balaban J connectivity index is 0.974. The highest BCUT2D eigenvalue weighted by molar-refractivity contribution is 7.86. The Hall–Kier alpha value is -2.77. The van der Waals surface area contributed by atoms with Crippen LogP contribution in [0.25, 0.3) is 0 Å². The van der Waals surface area contributed by atoms with Crippen molar-refractivity contribution in [1.29, 1.82) is 0 Å². The number of carbonyl (C=O) groups excluding carboxylic acids is 2. The van der Waals surface area contributed by atoms with Crippen molar-refractivity contribution in [2.45, 2.75) is 204 Å². The molecule has 7 aliphatic heterocycles. The summed E-state index contributed by atoms with van der Waals surface area (Å²) in [6.45, 7) is 4.56. The first kappa shape index (κ1) is 57.9. The van der Waals surface area contributed by atoms with E-state index in [9.17, 15) is 80.2 Å². The quantitative estimate of drug-likeness (QED) is 0.0866. The number of aliphatic hydroxyl groups excluding tert-OH is 11. The molecule has 9 rings (SSSR count). The lowest BCUT2D eigenvalue weighted by Gasteiger charge is -2.50. The zero-order valence-electron chi connectivity index (χ0n) is 41.7. The average molecular weight is 1110 g/mol. The van der Waals surface area contributed by atoms with Crippen molar-refractivity contribution in [3.05, 3.63) is 23.8 Å². The number of aromatic hydroxyl groups is 1. The van der Waals surface area contributed by atoms with Crippen LogP contribution in [0.2, 0.25) is 0 Å². The molecule has 0 amide bonds. The highest BCUT2D eigenvalue weighted by atomic mass is 32.2. The molecule has 30 atom stereocenters. The number of ether oxygens (including phenoxy) is 12. The van der Waals surface area contributed by atoms with Gasteiger partial charge in [-0.1, -0.05) is 6.92 Å². The third-order valence-corrected chi connectivity index (χ3v) is 17.9. The van der Waals surface area contributed by atoms with Crippen LogP contribution in [0.3, 0.4) is 0 Å². The summed E-state index contributed by atoms with van der Waals surface area (Å²) in [5.74, 6) is -6.35. The summed E-state index contributed by atoms with van der Waals surface area (Å²) < 4.78 is 85.8. The molecule has 76 heavy (non-hydrogen) atoms. The minimum Gasteiger partial charge on any atom is -0.504 e. The van der Waals surface area contributed by atoms with Crippen LogP contribution in [0.4, 0.5) is 0 Å². The maximum atomic E-state index is 14.5. The van der Waals surface area contributed by atoms with Crippen LogP contribution in [0.15, 0.2) is 18.2 Å². The molecule has 8 fully saturated rings. The number of methoxy groups -OCH3 is 1. The number of carbonyl (C=O) groups is 2. The summed E-state index contributed by atoms with van der Waals surface area (Å²) in [4.78, 5) is 27.8. The molecule has 1 aliphatic carbocycles. The van der Waals surface area contributed by atoms with Crippen LogP contribution in [0.5, 0.6) is 11.5 Å². The third-order valence-electron chi connectivity index (χ3n) is 16.0. The molecule has 0 aromatic heterocycles. The van der Waals surface area contributed by atoms with Crippen LogP contribution in [-0.4, -0.2) is 272 Å². The monoisotopic (exact) mass is 1110 g/mol. The minimum atomic E-state index is -2.69. The van der Waals surface area contributed by atoms with E-state index in [-0.39, 0.29) is 29.4 Å². The number of esters is 1. The number of phenolic OH excluding ortho intramolecular Hbond substituents is 1. The zero-order chi connectivity index (χ0) is 55.2. The van der Waals surface area contributed by atoms with Gasteiger partial charge in [-0.2, -0.15) is 0 Å². The fourth-order valence-corrected chi connectivity index (χ4v) is 13.5. The minimum absolute atomic E-state index is 0.00393. The van der Waals surface area contributed by atoms with Gasteiger partial charge < -0.3 is 123 Å². The van der Waals surface area contributed by atoms with Gasteiger partial charge in [0.2, 0.25) is 11.6 Å². The van der Waals surface area contributed by atoms with Crippen molar-refractivity contribution in [2.75, 3.05) is 26.1 Å². The maximum absolute atomic E-state index is 14.5. The Bertz CT molecular complexity index is 2270. The number of ketones is 1. The van der Waals surface area contributed by atoms with Crippen molar-refractivity contribution in [2.24, 2.45) is 11.8 Å². The molecule has 0 bridgehead atoms. The highest BCUT2D eigenvalue weighted by Crippen LogP contribution is 2.54. The summed E-state index contributed by atoms with van der Waals surface area (Å²) in [6.07, 6.45) is -41.6. The first-order valence-corrected chi connectivity index (χ1v) is 26.4. The van der Waals surface area contributed by atoms with Gasteiger partial charge in [0.15, 0.2) is 42.3 Å². The van der Waals surface area contributed by atoms with E-state index in [0.717, 1.165) is 0 Å². The van der Waals surface area contributed by atoms with Crippen LogP contribution in [0, 0.1) is 11.8 Å². The van der Waals surface area contributed by atoms with Crippen LogP contribution < -0.4 is 4.74 Å². The summed E-state index contributed by atoms with van der Waals surface area (Å²) in [5, 5.41) is 142. The molecule has 28 nitrogen and oxygen atoms in total. The van der Waals surface area contributed by atoms with Crippen LogP contribution in [-0.2, 0) is 67.7 Å². The van der Waals surface area contributed by atoms with E-state index in [1.54, 1.807) is 6.92 Å². The van der Waals surface area contributed by atoms with Crippen LogP contribution in [0.1, 0.15) is 50.9 Å². The Morgan fingerprint density at radius 3 is 1.88 bits per heavy atom. The van der Waals surface area contributed by atoms with Crippen molar-refractivity contribution in [3.8, 4) is 11.5 Å². The van der Waals surface area contributed by atoms with E-state index in [1.807, 2.05) is 0 Å². The SMILES string of the molecule is COc1cc(C(=O)OC2CC3(OCC2C)OC2C4C(CC(O)C2(O)C3=O)C(OC2OC(C)C(O)C(O)C2OC2OC(CO)C(O)C(OC3OC(C)C(O)C(O)C3O)C2OC2OC(C)C(O)C(O)C2O)CS4=O)ccc1O. The second-order valence-corrected chi connectivity index (χ2v) is 22.6. The van der Waals surface area contributed by atoms with E-state index in [0.29, 0.717) is 0 Å². The molecule has 430 valence electrons. The second kappa shape index (κ2) is 22.3. The molecule has 13 N–H and O–H groups in total. The highest BCUT2D eigenvalue weighted by Gasteiger charge is 2.75. The number of fused-ring (bicyclic) bond motifs is 3. The number of hydrogen-bond acceptors (Lipinski definition) is 28. The van der Waals surface area contributed by atoms with Gasteiger partial charge in [-0.25, -0.2) is 4.79 Å². The Morgan fingerprint density at radius 2 is 1.28 bits per heavy atom. The number of hydrogen-bond donors (Lipinski definition) is 13. The molecule has 7 heterocycles. The molecule has 1 aromatic carbocycles. The van der Waals surface area contributed by atoms with Gasteiger partial charge >= 0.3 is 5.97 Å². The summed E-state index contributed by atoms with van der Waals surface area (Å²) >= 11 is 0. The smallest absolute Gasteiger partial charge is 0.338 e. The van der Waals surface area contributed by atoms with Gasteiger partial charge in [0.25, 0.3) is 0 Å². The summed E-state index contributed by atoms with van der Waals surface area (Å²) in [6, 6.07) is 3.79. The normalized spacial score (nSPS) is 51.5. The lowest BCUT2D eigenvalue weighted by Crippen LogP contribution is -2.68. The average Bonchev–Trinajstić information content (AvgIpc) is 3.93. The molecule has 0 radical (unpaired) electrons. The largest absolute Gasteiger partial charge is 0.504 e. The fraction of sp³-hybridized carbons (Fsp3) is 0.830. The number of rotatable bonds is 12. The fourth-order valence-electron chi connectivity index (χ4n) is 11.4. The first-order valence-electron chi connectivity index (χ1n) is 25.0. The standard InChI is InChI=1S/C47H68O28S/c1-14-12-65-46(10-22(14)69-40(60)18-6-7-20(49)21(8-18)64-5)45(61)47(62)25(50)9-19-24(13-76(63)38(19)39(47)75-46)71-43-36(32(57)28(53)17(4)68-43)73-44-37(74-42-34(59)31(56)27(52)16(3)67-42)35(29(54)23(11-48)70-44)72-41-33(58)30(55)26(51)15(2)66-41/h6-8,14-17,19,22-39,41-44,48-59,62H,9-13H2,1-5H3. The number of benzene rings is 1. The van der Waals surface area contributed by atoms with Gasteiger partial charge in [-0.15, -0.1) is 0 Å². The van der Waals surface area contributed by atoms with E-state index < -0.39 is 218 Å². The third kappa shape index (κ3) is 10.1. The van der Waals surface area contributed by atoms with Gasteiger partial charge in [0.05, 0.1) is 67.4 Å². The van der Waals surface area contributed by atoms with Crippen LogP contribution >= 0.6 is 0 Å². The molecular formula is C47H68O28S. The van der Waals surface area contributed by atoms with Crippen molar-refractivity contribution in [1.82, 2.24) is 0 Å². The topological polar surface area (TPSA) is 425 Å². The molecular weight excluding hydrogens is 1040 g/mol. The Labute approximate surface area is 436 Å². The van der Waals surface area contributed by atoms with E-state index >= 15 is 0 Å². The zero-order valence-corrected chi connectivity index (χ0v) is 42.5. The van der Waals surface area contributed by atoms with Gasteiger partial charge in [0.1, 0.15) is 91.6 Å². The van der Waals surface area contributed by atoms with Crippen molar-refractivity contribution in [3.63, 3.8) is 0 Å². The molecule has 30 unspecified atom stereocenters. The predicted octanol–water partition coefficient (Wildman–Crippen LogP) is -6.37. The van der Waals surface area contributed by atoms with Crippen molar-refractivity contribution >= 4 is 22.6 Å². The predicted molar refractivity (Wildman–Crippen MR) is 244 cm³/mol. The van der Waals surface area contributed by atoms with Gasteiger partial charge in [0, 0.05) is 29.1 Å². The summed E-state index contributed by atoms with van der Waals surface area (Å²) in [5.41, 5.74) is -2.69. The van der Waals surface area contributed by atoms with Crippen molar-refractivity contribution < 1.29 is 137 Å². The molecule has 29 heteroatoms. The van der Waals surface area contributed by atoms with Gasteiger partial charge in [-0.3, -0.25) is 9.00 Å². The van der Waals surface area contributed by atoms with E-state index in [4.69, 9.17) is 56.8 Å². The number of phenols is 1. The number of aliphatic hydroxyl groups is 12. The molecule has 8 aliphatic rings. The Morgan fingerprint density at radius 1 is 0.711 bits per heavy atom. The molecule has 1 spiro atoms.